The molecule has 3 aromatic rings. The Labute approximate surface area is 235 Å². The standard InChI is InChI=1S/C32H36N2O4S/c1-22-9-7-8-12-28(22)34-31(35)30(39-32(34)33-25-10-5-4-6-11-25)19-23-13-15-26(16-14-23)38-21-24-20-27(36-2)17-18-29(24)37-3/h4-6,10-11,13-20,22,28,32-33H,7-9,12,21H2,1-3H3/b30-19-/t22-,28+,32?/m0/s1. The number of nitrogens with zero attached hydrogens (tertiary/aromatic N) is 1. The summed E-state index contributed by atoms with van der Waals surface area (Å²) in [6.07, 6.45) is 6.63. The van der Waals surface area contributed by atoms with Crippen LogP contribution in [0.3, 0.4) is 0 Å². The topological polar surface area (TPSA) is 60.0 Å². The van der Waals surface area contributed by atoms with Crippen molar-refractivity contribution in [2.45, 2.75) is 50.8 Å². The number of para-hydroxylation sites is 1. The Kier molecular flexibility index (Phi) is 8.67. The second kappa shape index (κ2) is 12.5. The van der Waals surface area contributed by atoms with E-state index in [0.29, 0.717) is 12.5 Å². The lowest BCUT2D eigenvalue weighted by Crippen LogP contribution is -2.48. The second-order valence-corrected chi connectivity index (χ2v) is 11.2. The zero-order chi connectivity index (χ0) is 27.2. The van der Waals surface area contributed by atoms with Crippen LogP contribution in [0, 0.1) is 5.92 Å². The van der Waals surface area contributed by atoms with Crippen LogP contribution in [0.5, 0.6) is 17.2 Å². The number of carbonyl (C=O) groups excluding carboxylic acids is 1. The highest BCUT2D eigenvalue weighted by Gasteiger charge is 2.42. The first kappa shape index (κ1) is 27.0. The van der Waals surface area contributed by atoms with Gasteiger partial charge in [0.15, 0.2) is 5.50 Å². The van der Waals surface area contributed by atoms with Gasteiger partial charge in [-0.2, -0.15) is 0 Å². The van der Waals surface area contributed by atoms with Gasteiger partial charge in [0.25, 0.3) is 5.91 Å². The van der Waals surface area contributed by atoms with Gasteiger partial charge in [0.2, 0.25) is 0 Å². The van der Waals surface area contributed by atoms with Gasteiger partial charge >= 0.3 is 0 Å². The average Bonchev–Trinajstić information content (AvgIpc) is 3.26. The molecular formula is C32H36N2O4S. The van der Waals surface area contributed by atoms with E-state index < -0.39 is 0 Å². The minimum atomic E-state index is -0.128. The van der Waals surface area contributed by atoms with Crippen LogP contribution in [-0.4, -0.2) is 36.6 Å². The van der Waals surface area contributed by atoms with Gasteiger partial charge in [0.05, 0.1) is 19.1 Å². The van der Waals surface area contributed by atoms with Crippen LogP contribution in [0.1, 0.15) is 43.7 Å². The number of methoxy groups -OCH3 is 2. The molecule has 0 bridgehead atoms. The molecule has 1 heterocycles. The maximum Gasteiger partial charge on any atom is 0.262 e. The van der Waals surface area contributed by atoms with E-state index in [4.69, 9.17) is 14.2 Å². The maximum absolute atomic E-state index is 13.7. The van der Waals surface area contributed by atoms with Crippen LogP contribution >= 0.6 is 11.8 Å². The minimum absolute atomic E-state index is 0.109. The Hall–Kier alpha value is -3.58. The predicted molar refractivity (Wildman–Crippen MR) is 158 cm³/mol. The number of carbonyl (C=O) groups is 1. The normalized spacial score (nSPS) is 22.1. The first-order valence-corrected chi connectivity index (χ1v) is 14.4. The van der Waals surface area contributed by atoms with E-state index in [1.54, 1.807) is 26.0 Å². The summed E-state index contributed by atoms with van der Waals surface area (Å²) in [7, 11) is 3.29. The highest BCUT2D eigenvalue weighted by Crippen LogP contribution is 2.42. The molecule has 0 aromatic heterocycles. The van der Waals surface area contributed by atoms with E-state index in [2.05, 4.69) is 29.3 Å². The zero-order valence-electron chi connectivity index (χ0n) is 22.8. The Morgan fingerprint density at radius 3 is 2.41 bits per heavy atom. The van der Waals surface area contributed by atoms with Gasteiger partial charge in [-0.1, -0.05) is 61.9 Å². The quantitative estimate of drug-likeness (QED) is 0.288. The van der Waals surface area contributed by atoms with Gasteiger partial charge in [0.1, 0.15) is 23.9 Å². The second-order valence-electron chi connectivity index (χ2n) is 10.1. The monoisotopic (exact) mass is 544 g/mol. The Morgan fingerprint density at radius 2 is 1.69 bits per heavy atom. The molecular weight excluding hydrogens is 508 g/mol. The molecule has 5 rings (SSSR count). The van der Waals surface area contributed by atoms with Crippen molar-refractivity contribution in [3.63, 3.8) is 0 Å². The van der Waals surface area contributed by atoms with Crippen molar-refractivity contribution in [1.29, 1.82) is 0 Å². The molecule has 39 heavy (non-hydrogen) atoms. The first-order chi connectivity index (χ1) is 19.1. The van der Waals surface area contributed by atoms with Crippen molar-refractivity contribution < 1.29 is 19.0 Å². The molecule has 0 radical (unpaired) electrons. The zero-order valence-corrected chi connectivity index (χ0v) is 23.6. The molecule has 1 saturated heterocycles. The molecule has 1 aliphatic carbocycles. The van der Waals surface area contributed by atoms with Gasteiger partial charge in [-0.15, -0.1) is 0 Å². The number of hydrogen-bond donors (Lipinski definition) is 1. The molecule has 2 aliphatic rings. The predicted octanol–water partition coefficient (Wildman–Crippen LogP) is 7.17. The third-order valence-corrected chi connectivity index (χ3v) is 8.60. The molecule has 0 spiro atoms. The van der Waals surface area contributed by atoms with Crippen LogP contribution < -0.4 is 19.5 Å². The summed E-state index contributed by atoms with van der Waals surface area (Å²) in [4.78, 5) is 16.6. The molecule has 3 aromatic carbocycles. The van der Waals surface area contributed by atoms with Crippen LogP contribution in [0.15, 0.2) is 77.7 Å². The molecule has 1 N–H and O–H groups in total. The van der Waals surface area contributed by atoms with Gasteiger partial charge in [-0.05, 0) is 72.9 Å². The molecule has 7 heteroatoms. The van der Waals surface area contributed by atoms with Gasteiger partial charge in [-0.3, -0.25) is 4.79 Å². The number of anilines is 1. The van der Waals surface area contributed by atoms with Crippen molar-refractivity contribution in [3.8, 4) is 17.2 Å². The van der Waals surface area contributed by atoms with Crippen LogP contribution in [-0.2, 0) is 11.4 Å². The average molecular weight is 545 g/mol. The summed E-state index contributed by atoms with van der Waals surface area (Å²) in [5.41, 5.74) is 2.77. The lowest BCUT2D eigenvalue weighted by molar-refractivity contribution is -0.129. The number of hydrogen-bond acceptors (Lipinski definition) is 6. The Bertz CT molecular complexity index is 1300. The van der Waals surface area contributed by atoms with Crippen LogP contribution in [0.25, 0.3) is 6.08 Å². The number of amides is 1. The van der Waals surface area contributed by atoms with E-state index in [0.717, 1.165) is 45.4 Å². The minimum Gasteiger partial charge on any atom is -0.497 e. The fourth-order valence-corrected chi connectivity index (χ4v) is 6.55. The molecule has 6 nitrogen and oxygen atoms in total. The molecule has 204 valence electrons. The number of thioether (sulfide) groups is 1. The van der Waals surface area contributed by atoms with Crippen molar-refractivity contribution in [3.05, 3.63) is 88.8 Å². The third kappa shape index (κ3) is 6.36. The summed E-state index contributed by atoms with van der Waals surface area (Å²) in [5, 5.41) is 3.60. The lowest BCUT2D eigenvalue weighted by Gasteiger charge is -2.39. The largest absolute Gasteiger partial charge is 0.497 e. The highest BCUT2D eigenvalue weighted by molar-refractivity contribution is 8.05. The molecule has 3 atom stereocenters. The van der Waals surface area contributed by atoms with E-state index in [9.17, 15) is 4.79 Å². The molecule has 1 amide bonds. The first-order valence-electron chi connectivity index (χ1n) is 13.5. The molecule has 1 aliphatic heterocycles. The molecule has 1 saturated carbocycles. The fraction of sp³-hybridized carbons (Fsp3) is 0.344. The number of benzene rings is 3. The smallest absolute Gasteiger partial charge is 0.262 e. The number of ether oxygens (including phenoxy) is 3. The number of nitrogens with one attached hydrogen (secondary N) is 1. The third-order valence-electron chi connectivity index (χ3n) is 7.48. The van der Waals surface area contributed by atoms with Gasteiger partial charge < -0.3 is 24.4 Å². The van der Waals surface area contributed by atoms with Crippen molar-refractivity contribution >= 4 is 29.4 Å². The molecule has 2 fully saturated rings. The summed E-state index contributed by atoms with van der Waals surface area (Å²) >= 11 is 1.60. The van der Waals surface area contributed by atoms with Crippen LogP contribution in [0.4, 0.5) is 5.69 Å². The van der Waals surface area contributed by atoms with Gasteiger partial charge in [0, 0.05) is 17.3 Å². The molecule has 1 unspecified atom stereocenters. The highest BCUT2D eigenvalue weighted by atomic mass is 32.2. The summed E-state index contributed by atoms with van der Waals surface area (Å²) in [5.74, 6) is 2.85. The van der Waals surface area contributed by atoms with E-state index in [1.165, 1.54) is 19.3 Å². The SMILES string of the molecule is COc1ccc(OC)c(COc2ccc(/C=C3\SC(Nc4ccccc4)N([C@@H]4CCCC[C@@H]4C)C3=O)cc2)c1. The van der Waals surface area contributed by atoms with Crippen molar-refractivity contribution in [2.24, 2.45) is 5.92 Å². The maximum atomic E-state index is 13.7. The van der Waals surface area contributed by atoms with E-state index >= 15 is 0 Å². The lowest BCUT2D eigenvalue weighted by atomic mass is 9.85. The fourth-order valence-electron chi connectivity index (χ4n) is 5.33. The number of rotatable bonds is 9. The van der Waals surface area contributed by atoms with E-state index in [1.807, 2.05) is 66.7 Å². The summed E-state index contributed by atoms with van der Waals surface area (Å²) < 4.78 is 16.8. The Balaban J connectivity index is 1.31. The van der Waals surface area contributed by atoms with Gasteiger partial charge in [-0.25, -0.2) is 0 Å². The summed E-state index contributed by atoms with van der Waals surface area (Å²) in [6, 6.07) is 23.9. The summed E-state index contributed by atoms with van der Waals surface area (Å²) in [6.45, 7) is 2.64. The Morgan fingerprint density at radius 1 is 0.949 bits per heavy atom. The van der Waals surface area contributed by atoms with Crippen molar-refractivity contribution in [2.75, 3.05) is 19.5 Å². The van der Waals surface area contributed by atoms with Crippen LogP contribution in [0.2, 0.25) is 0 Å². The van der Waals surface area contributed by atoms with Crippen molar-refractivity contribution in [1.82, 2.24) is 4.90 Å². The van der Waals surface area contributed by atoms with E-state index in [-0.39, 0.29) is 17.4 Å².